The van der Waals surface area contributed by atoms with E-state index in [2.05, 4.69) is 10.6 Å². The number of aliphatic hydroxyl groups is 1. The molecule has 0 bridgehead atoms. The van der Waals surface area contributed by atoms with Gasteiger partial charge in [0.15, 0.2) is 0 Å². The maximum absolute atomic E-state index is 12.2. The summed E-state index contributed by atoms with van der Waals surface area (Å²) < 4.78 is 0. The average molecular weight is 344 g/mol. The van der Waals surface area contributed by atoms with Gasteiger partial charge in [0.25, 0.3) is 5.91 Å². The second-order valence-electron chi connectivity index (χ2n) is 7.21. The second-order valence-corrected chi connectivity index (χ2v) is 7.21. The summed E-state index contributed by atoms with van der Waals surface area (Å²) in [5, 5.41) is 14.7. The first-order valence-corrected chi connectivity index (χ1v) is 8.13. The van der Waals surface area contributed by atoms with Crippen molar-refractivity contribution in [2.75, 3.05) is 20.6 Å². The zero-order chi connectivity index (χ0) is 19.1. The van der Waals surface area contributed by atoms with Gasteiger partial charge in [-0.15, -0.1) is 0 Å². The van der Waals surface area contributed by atoms with Gasteiger partial charge < -0.3 is 26.4 Å². The zero-order valence-electron chi connectivity index (χ0n) is 15.5. The van der Waals surface area contributed by atoms with E-state index < -0.39 is 35.4 Å². The molecule has 0 aliphatic carbocycles. The lowest BCUT2D eigenvalue weighted by Gasteiger charge is -2.32. The van der Waals surface area contributed by atoms with Gasteiger partial charge in [-0.25, -0.2) is 0 Å². The largest absolute Gasteiger partial charge is 0.382 e. The normalized spacial score (nSPS) is 15.2. The number of hydrogen-bond acceptors (Lipinski definition) is 5. The van der Waals surface area contributed by atoms with Crippen molar-refractivity contribution in [3.05, 3.63) is 0 Å². The molecule has 0 aliphatic rings. The van der Waals surface area contributed by atoms with Crippen molar-refractivity contribution in [3.63, 3.8) is 0 Å². The van der Waals surface area contributed by atoms with Gasteiger partial charge in [-0.05, 0) is 11.8 Å². The molecule has 0 fully saturated rings. The van der Waals surface area contributed by atoms with Crippen molar-refractivity contribution in [1.29, 1.82) is 0 Å². The highest BCUT2D eigenvalue weighted by atomic mass is 16.3. The Balaban J connectivity index is 4.66. The average Bonchev–Trinajstić information content (AvgIpc) is 2.47. The molecule has 0 heterocycles. The number of nitrogens with one attached hydrogen (secondary N) is 2. The first kappa shape index (κ1) is 22.3. The van der Waals surface area contributed by atoms with E-state index in [1.807, 2.05) is 27.7 Å². The van der Waals surface area contributed by atoms with Crippen LogP contribution in [0.25, 0.3) is 0 Å². The predicted octanol–water partition coefficient (Wildman–Crippen LogP) is -0.790. The maximum atomic E-state index is 12.2. The lowest BCUT2D eigenvalue weighted by Crippen LogP contribution is -2.55. The Morgan fingerprint density at radius 2 is 1.75 bits per heavy atom. The fourth-order valence-corrected chi connectivity index (χ4v) is 2.08. The second kappa shape index (κ2) is 9.58. The number of nitrogens with two attached hydrogens (primary N) is 1. The number of amides is 3. The molecular weight excluding hydrogens is 312 g/mol. The van der Waals surface area contributed by atoms with Crippen LogP contribution >= 0.6 is 0 Å². The van der Waals surface area contributed by atoms with E-state index in [0.717, 1.165) is 6.42 Å². The highest BCUT2D eigenvalue weighted by Gasteiger charge is 2.33. The monoisotopic (exact) mass is 344 g/mol. The standard InChI is InChI=1S/C16H32N4O4/c1-7-8-10(17)12(22)14(23)18-9-11(21)19-13(16(2,3)4)15(24)20(5)6/h10,12-13,22H,7-9,17H2,1-6H3,(H,18,23)(H,19,21)/t10-,12?,13+/m0/s1. The van der Waals surface area contributed by atoms with Crippen LogP contribution in [0.1, 0.15) is 40.5 Å². The molecule has 0 saturated heterocycles. The molecule has 8 heteroatoms. The van der Waals surface area contributed by atoms with E-state index in [1.54, 1.807) is 14.1 Å². The maximum Gasteiger partial charge on any atom is 0.250 e. The summed E-state index contributed by atoms with van der Waals surface area (Å²) in [6.07, 6.45) is -0.115. The fraction of sp³-hybridized carbons (Fsp3) is 0.812. The summed E-state index contributed by atoms with van der Waals surface area (Å²) >= 11 is 0. The summed E-state index contributed by atoms with van der Waals surface area (Å²) in [4.78, 5) is 37.4. The molecule has 0 radical (unpaired) electrons. The van der Waals surface area contributed by atoms with Crippen LogP contribution in [0, 0.1) is 5.41 Å². The topological polar surface area (TPSA) is 125 Å². The highest BCUT2D eigenvalue weighted by molar-refractivity contribution is 5.91. The van der Waals surface area contributed by atoms with Crippen molar-refractivity contribution < 1.29 is 19.5 Å². The summed E-state index contributed by atoms with van der Waals surface area (Å²) in [5.41, 5.74) is 5.20. The van der Waals surface area contributed by atoms with Gasteiger partial charge in [0.05, 0.1) is 6.54 Å². The Morgan fingerprint density at radius 3 is 2.17 bits per heavy atom. The predicted molar refractivity (Wildman–Crippen MR) is 92.0 cm³/mol. The number of carbonyl (C=O) groups excluding carboxylic acids is 3. The van der Waals surface area contributed by atoms with Crippen molar-refractivity contribution in [2.45, 2.75) is 58.7 Å². The van der Waals surface area contributed by atoms with E-state index in [9.17, 15) is 19.5 Å². The van der Waals surface area contributed by atoms with E-state index in [4.69, 9.17) is 5.73 Å². The van der Waals surface area contributed by atoms with Crippen LogP contribution in [0.15, 0.2) is 0 Å². The molecule has 0 rings (SSSR count). The molecule has 0 aromatic rings. The molecule has 0 spiro atoms. The van der Waals surface area contributed by atoms with Gasteiger partial charge >= 0.3 is 0 Å². The molecule has 0 aliphatic heterocycles. The first-order chi connectivity index (χ1) is 10.9. The van der Waals surface area contributed by atoms with Gasteiger partial charge in [-0.1, -0.05) is 34.1 Å². The van der Waals surface area contributed by atoms with Crippen LogP contribution in [0.2, 0.25) is 0 Å². The van der Waals surface area contributed by atoms with E-state index >= 15 is 0 Å². The molecule has 24 heavy (non-hydrogen) atoms. The van der Waals surface area contributed by atoms with E-state index in [1.165, 1.54) is 4.90 Å². The Morgan fingerprint density at radius 1 is 1.21 bits per heavy atom. The third-order valence-electron chi connectivity index (χ3n) is 3.58. The molecule has 3 atom stereocenters. The van der Waals surface area contributed by atoms with Gasteiger partial charge in [-0.2, -0.15) is 0 Å². The van der Waals surface area contributed by atoms with Crippen LogP contribution in [0.5, 0.6) is 0 Å². The smallest absolute Gasteiger partial charge is 0.250 e. The summed E-state index contributed by atoms with van der Waals surface area (Å²) in [6, 6.07) is -1.39. The molecule has 140 valence electrons. The molecule has 0 saturated carbocycles. The van der Waals surface area contributed by atoms with E-state index in [0.29, 0.717) is 6.42 Å². The van der Waals surface area contributed by atoms with Crippen LogP contribution < -0.4 is 16.4 Å². The SMILES string of the molecule is CCC[C@H](N)C(O)C(=O)NCC(=O)N[C@H](C(=O)N(C)C)C(C)(C)C. The summed E-state index contributed by atoms with van der Waals surface area (Å²) in [5.74, 6) is -1.43. The van der Waals surface area contributed by atoms with Crippen molar-refractivity contribution in [2.24, 2.45) is 11.1 Å². The van der Waals surface area contributed by atoms with Gasteiger partial charge in [-0.3, -0.25) is 14.4 Å². The Bertz CT molecular complexity index is 446. The number of likely N-dealkylation sites (N-methyl/N-ethyl adjacent to an activating group) is 1. The Hall–Kier alpha value is -1.67. The minimum absolute atomic E-state index is 0.229. The molecule has 0 aromatic carbocycles. The molecular formula is C16H32N4O4. The van der Waals surface area contributed by atoms with Crippen molar-refractivity contribution in [3.8, 4) is 0 Å². The fourth-order valence-electron chi connectivity index (χ4n) is 2.08. The molecule has 0 aromatic heterocycles. The number of hydrogen-bond donors (Lipinski definition) is 4. The van der Waals surface area contributed by atoms with Gasteiger partial charge in [0, 0.05) is 20.1 Å². The third kappa shape index (κ3) is 7.27. The third-order valence-corrected chi connectivity index (χ3v) is 3.58. The minimum atomic E-state index is -1.36. The molecule has 5 N–H and O–H groups in total. The highest BCUT2D eigenvalue weighted by Crippen LogP contribution is 2.20. The van der Waals surface area contributed by atoms with Gasteiger partial charge in [0.2, 0.25) is 11.8 Å². The molecule has 3 amide bonds. The quantitative estimate of drug-likeness (QED) is 0.459. The molecule has 1 unspecified atom stereocenters. The summed E-state index contributed by atoms with van der Waals surface area (Å²) in [6.45, 7) is 7.08. The lowest BCUT2D eigenvalue weighted by atomic mass is 9.86. The lowest BCUT2D eigenvalue weighted by molar-refractivity contribution is -0.137. The van der Waals surface area contributed by atoms with Crippen LogP contribution in [0.3, 0.4) is 0 Å². The number of carbonyl (C=O) groups is 3. The number of rotatable bonds is 8. The number of aliphatic hydroxyl groups excluding tert-OH is 1. The molecule has 8 nitrogen and oxygen atoms in total. The van der Waals surface area contributed by atoms with Crippen molar-refractivity contribution >= 4 is 17.7 Å². The Labute approximate surface area is 144 Å². The van der Waals surface area contributed by atoms with Crippen molar-refractivity contribution in [1.82, 2.24) is 15.5 Å². The summed E-state index contributed by atoms with van der Waals surface area (Å²) in [7, 11) is 3.22. The van der Waals surface area contributed by atoms with E-state index in [-0.39, 0.29) is 12.5 Å². The van der Waals surface area contributed by atoms with Crippen LogP contribution in [-0.4, -0.2) is 66.6 Å². The van der Waals surface area contributed by atoms with Gasteiger partial charge in [0.1, 0.15) is 12.1 Å². The minimum Gasteiger partial charge on any atom is -0.382 e. The first-order valence-electron chi connectivity index (χ1n) is 8.13. The Kier molecular flexibility index (Phi) is 8.92. The van der Waals surface area contributed by atoms with Crippen LogP contribution in [0.4, 0.5) is 0 Å². The zero-order valence-corrected chi connectivity index (χ0v) is 15.5. The number of nitrogens with zero attached hydrogens (tertiary/aromatic N) is 1. The van der Waals surface area contributed by atoms with Crippen LogP contribution in [-0.2, 0) is 14.4 Å².